The average molecular weight is 463 g/mol. The van der Waals surface area contributed by atoms with Crippen LogP contribution in [0.2, 0.25) is 0 Å². The molecule has 0 saturated carbocycles. The first kappa shape index (κ1) is 21.5. The lowest BCUT2D eigenvalue weighted by Gasteiger charge is -2.26. The van der Waals surface area contributed by atoms with Crippen LogP contribution in [0.3, 0.4) is 0 Å². The Balaban J connectivity index is 3.00. The van der Waals surface area contributed by atoms with Gasteiger partial charge in [-0.25, -0.2) is 9.59 Å². The van der Waals surface area contributed by atoms with Gasteiger partial charge >= 0.3 is 12.1 Å². The molecule has 0 saturated heterocycles. The molecule has 0 aliphatic heterocycles. The van der Waals surface area contributed by atoms with Gasteiger partial charge in [-0.2, -0.15) is 0 Å². The fraction of sp³-hybridized carbons (Fsp3) is 0.556. The van der Waals surface area contributed by atoms with Crippen LogP contribution in [0.15, 0.2) is 18.2 Å². The highest BCUT2D eigenvalue weighted by molar-refractivity contribution is 14.1. The number of benzene rings is 1. The summed E-state index contributed by atoms with van der Waals surface area (Å²) < 4.78 is 11.5. The number of hydrogen-bond donors (Lipinski definition) is 2. The second-order valence-electron chi connectivity index (χ2n) is 7.71. The number of carbonyl (C=O) groups is 2. The Kier molecular flexibility index (Phi) is 7.10. The predicted molar refractivity (Wildman–Crippen MR) is 104 cm³/mol. The van der Waals surface area contributed by atoms with Crippen molar-refractivity contribution in [3.05, 3.63) is 27.3 Å². The minimum Gasteiger partial charge on any atom is -0.508 e. The average Bonchev–Trinajstić information content (AvgIpc) is 2.38. The number of amides is 1. The summed E-state index contributed by atoms with van der Waals surface area (Å²) in [7, 11) is 0. The summed E-state index contributed by atoms with van der Waals surface area (Å²) in [4.78, 5) is 24.6. The summed E-state index contributed by atoms with van der Waals surface area (Å²) in [6.45, 7) is 10.5. The third kappa shape index (κ3) is 8.42. The molecule has 0 spiro atoms. The highest BCUT2D eigenvalue weighted by atomic mass is 127. The van der Waals surface area contributed by atoms with Gasteiger partial charge < -0.3 is 19.9 Å². The maximum Gasteiger partial charge on any atom is 0.408 e. The Morgan fingerprint density at radius 1 is 1.12 bits per heavy atom. The molecule has 6 nitrogen and oxygen atoms in total. The second kappa shape index (κ2) is 8.25. The molecule has 2 N–H and O–H groups in total. The summed E-state index contributed by atoms with van der Waals surface area (Å²) in [5, 5.41) is 12.2. The first-order chi connectivity index (χ1) is 11.3. The number of alkyl carbamates (subject to hydrolysis) is 1. The molecule has 1 aromatic carbocycles. The lowest BCUT2D eigenvalue weighted by Crippen LogP contribution is -2.47. The molecule has 0 heterocycles. The van der Waals surface area contributed by atoms with Crippen LogP contribution in [0.1, 0.15) is 47.1 Å². The Bertz CT molecular complexity index is 631. The van der Waals surface area contributed by atoms with E-state index < -0.39 is 29.3 Å². The number of rotatable bonds is 4. The van der Waals surface area contributed by atoms with E-state index in [0.29, 0.717) is 0 Å². The van der Waals surface area contributed by atoms with Gasteiger partial charge in [0.15, 0.2) is 0 Å². The largest absolute Gasteiger partial charge is 0.508 e. The summed E-state index contributed by atoms with van der Waals surface area (Å²) >= 11 is 2.11. The van der Waals surface area contributed by atoms with E-state index in [4.69, 9.17) is 9.47 Å². The molecule has 0 radical (unpaired) electrons. The van der Waals surface area contributed by atoms with Crippen molar-refractivity contribution in [1.29, 1.82) is 0 Å². The van der Waals surface area contributed by atoms with Crippen LogP contribution in [0.25, 0.3) is 0 Å². The zero-order valence-electron chi connectivity index (χ0n) is 15.5. The molecule has 25 heavy (non-hydrogen) atoms. The molecular weight excluding hydrogens is 437 g/mol. The van der Waals surface area contributed by atoms with Gasteiger partial charge in [-0.05, 0) is 87.9 Å². The molecule has 0 aromatic heterocycles. The quantitative estimate of drug-likeness (QED) is 0.525. The van der Waals surface area contributed by atoms with E-state index >= 15 is 0 Å². The van der Waals surface area contributed by atoms with Crippen LogP contribution < -0.4 is 5.32 Å². The van der Waals surface area contributed by atoms with Crippen molar-refractivity contribution in [3.8, 4) is 5.75 Å². The number of ether oxygens (including phenoxy) is 2. The third-order valence-electron chi connectivity index (χ3n) is 2.84. The van der Waals surface area contributed by atoms with Crippen molar-refractivity contribution in [2.45, 2.75) is 65.2 Å². The minimum atomic E-state index is -0.926. The maximum atomic E-state index is 12.5. The van der Waals surface area contributed by atoms with Crippen molar-refractivity contribution >= 4 is 34.7 Å². The molecule has 0 aliphatic rings. The van der Waals surface area contributed by atoms with Gasteiger partial charge in [0.2, 0.25) is 0 Å². The number of carbonyl (C=O) groups excluding carboxylic acids is 2. The van der Waals surface area contributed by atoms with E-state index in [-0.39, 0.29) is 12.2 Å². The van der Waals surface area contributed by atoms with Crippen molar-refractivity contribution in [2.24, 2.45) is 0 Å². The van der Waals surface area contributed by atoms with Crippen LogP contribution >= 0.6 is 22.6 Å². The molecule has 1 aromatic rings. The molecule has 0 fully saturated rings. The molecule has 7 heteroatoms. The lowest BCUT2D eigenvalue weighted by molar-refractivity contribution is -0.157. The van der Waals surface area contributed by atoms with Crippen LogP contribution in [0.4, 0.5) is 4.79 Å². The number of phenolic OH excluding ortho intramolecular Hbond substituents is 1. The number of nitrogens with one attached hydrogen (secondary N) is 1. The van der Waals surface area contributed by atoms with Gasteiger partial charge in [-0.1, -0.05) is 0 Å². The van der Waals surface area contributed by atoms with Gasteiger partial charge in [-0.15, -0.1) is 0 Å². The van der Waals surface area contributed by atoms with Crippen LogP contribution in [0, 0.1) is 3.57 Å². The van der Waals surface area contributed by atoms with Crippen molar-refractivity contribution < 1.29 is 24.2 Å². The topological polar surface area (TPSA) is 84.9 Å². The smallest absolute Gasteiger partial charge is 0.408 e. The summed E-state index contributed by atoms with van der Waals surface area (Å²) in [5.41, 5.74) is -0.633. The zero-order chi connectivity index (χ0) is 19.4. The first-order valence-corrected chi connectivity index (χ1v) is 9.04. The van der Waals surface area contributed by atoms with Gasteiger partial charge in [0.25, 0.3) is 0 Å². The third-order valence-corrected chi connectivity index (χ3v) is 3.89. The van der Waals surface area contributed by atoms with E-state index in [1.807, 2.05) is 0 Å². The molecule has 1 unspecified atom stereocenters. The fourth-order valence-electron chi connectivity index (χ4n) is 1.95. The SMILES string of the molecule is CC(C)(C)OC(=O)NC(Cc1cc(O)ccc1I)C(=O)OC(C)(C)C. The number of phenols is 1. The summed E-state index contributed by atoms with van der Waals surface area (Å²) in [5.74, 6) is -0.465. The normalized spacial score (nSPS) is 13.1. The second-order valence-corrected chi connectivity index (χ2v) is 8.87. The zero-order valence-corrected chi connectivity index (χ0v) is 17.6. The van der Waals surface area contributed by atoms with Gasteiger partial charge in [-0.3, -0.25) is 0 Å². The van der Waals surface area contributed by atoms with Gasteiger partial charge in [0, 0.05) is 9.99 Å². The van der Waals surface area contributed by atoms with Crippen LogP contribution in [-0.4, -0.2) is 34.4 Å². The van der Waals surface area contributed by atoms with E-state index in [1.54, 1.807) is 59.7 Å². The highest BCUT2D eigenvalue weighted by Gasteiger charge is 2.29. The Morgan fingerprint density at radius 3 is 2.20 bits per heavy atom. The Morgan fingerprint density at radius 2 is 1.68 bits per heavy atom. The lowest BCUT2D eigenvalue weighted by atomic mass is 10.1. The van der Waals surface area contributed by atoms with Gasteiger partial charge in [0.05, 0.1) is 0 Å². The summed E-state index contributed by atoms with van der Waals surface area (Å²) in [6, 6.07) is 3.94. The number of halogens is 1. The molecule has 1 amide bonds. The Hall–Kier alpha value is -1.51. The molecule has 0 bridgehead atoms. The first-order valence-electron chi connectivity index (χ1n) is 7.96. The molecule has 1 atom stereocenters. The van der Waals surface area contributed by atoms with Crippen LogP contribution in [0.5, 0.6) is 5.75 Å². The monoisotopic (exact) mass is 463 g/mol. The number of aromatic hydroxyl groups is 1. The standard InChI is InChI=1S/C18H26INO5/c1-17(2,3)24-15(22)14(20-16(23)25-18(4,5)6)10-11-9-12(21)7-8-13(11)19/h7-9,14,21H,10H2,1-6H3,(H,20,23). The van der Waals surface area contributed by atoms with E-state index in [0.717, 1.165) is 9.13 Å². The Labute approximate surface area is 162 Å². The van der Waals surface area contributed by atoms with E-state index in [1.165, 1.54) is 0 Å². The predicted octanol–water partition coefficient (Wildman–Crippen LogP) is 3.77. The van der Waals surface area contributed by atoms with Crippen molar-refractivity contribution in [2.75, 3.05) is 0 Å². The molecule has 140 valence electrons. The van der Waals surface area contributed by atoms with Crippen LogP contribution in [-0.2, 0) is 20.7 Å². The van der Waals surface area contributed by atoms with Crippen molar-refractivity contribution in [1.82, 2.24) is 5.32 Å². The van der Waals surface area contributed by atoms with E-state index in [2.05, 4.69) is 27.9 Å². The molecule has 1 rings (SSSR count). The maximum absolute atomic E-state index is 12.5. The number of hydrogen-bond acceptors (Lipinski definition) is 5. The fourth-order valence-corrected chi connectivity index (χ4v) is 2.51. The molecule has 0 aliphatic carbocycles. The minimum absolute atomic E-state index is 0.0932. The summed E-state index contributed by atoms with van der Waals surface area (Å²) in [6.07, 6.45) is -0.514. The number of esters is 1. The highest BCUT2D eigenvalue weighted by Crippen LogP contribution is 2.21. The molecular formula is C18H26INO5. The van der Waals surface area contributed by atoms with Crippen molar-refractivity contribution in [3.63, 3.8) is 0 Å². The van der Waals surface area contributed by atoms with E-state index in [9.17, 15) is 14.7 Å². The van der Waals surface area contributed by atoms with Gasteiger partial charge in [0.1, 0.15) is 23.0 Å².